The largest absolute Gasteiger partial charge is 0.453 e. The average molecular weight is 305 g/mol. The lowest BCUT2D eigenvalue weighted by Gasteiger charge is -2.22. The maximum absolute atomic E-state index is 12.3. The molecular weight excluding hydrogens is 282 g/mol. The fourth-order valence-corrected chi connectivity index (χ4v) is 2.45. The Morgan fingerprint density at radius 3 is 2.41 bits per heavy atom. The first-order valence-electron chi connectivity index (χ1n) is 7.47. The second-order valence-corrected chi connectivity index (χ2v) is 5.53. The molecule has 1 saturated heterocycles. The number of hydrogen-bond donors (Lipinski definition) is 1. The molecule has 0 spiro atoms. The molecule has 1 aliphatic rings. The number of ether oxygens (including phenoxy) is 1. The first-order chi connectivity index (χ1) is 10.5. The van der Waals surface area contributed by atoms with Crippen LogP contribution >= 0.6 is 0 Å². The molecule has 120 valence electrons. The topological polar surface area (TPSA) is 61.9 Å². The predicted molar refractivity (Wildman–Crippen MR) is 85.1 cm³/mol. The van der Waals surface area contributed by atoms with E-state index in [4.69, 9.17) is 4.74 Å². The van der Waals surface area contributed by atoms with Gasteiger partial charge in [0.2, 0.25) is 0 Å². The van der Waals surface area contributed by atoms with Crippen LogP contribution in [0.5, 0.6) is 0 Å². The van der Waals surface area contributed by atoms with E-state index in [2.05, 4.69) is 5.32 Å². The standard InChI is InChI=1S/C16H23N3O3/c1-12-5-6-14(11-13(12)2)17-15(20)18-7-4-8-19(10-9-18)16(21)22-3/h5-6,11H,4,7-10H2,1-3H3,(H,17,20). The van der Waals surface area contributed by atoms with Crippen LogP contribution < -0.4 is 5.32 Å². The molecule has 0 bridgehead atoms. The summed E-state index contributed by atoms with van der Waals surface area (Å²) >= 11 is 0. The van der Waals surface area contributed by atoms with Gasteiger partial charge in [0.15, 0.2) is 0 Å². The van der Waals surface area contributed by atoms with Gasteiger partial charge in [-0.1, -0.05) is 6.07 Å². The number of anilines is 1. The van der Waals surface area contributed by atoms with Crippen LogP contribution in [0, 0.1) is 13.8 Å². The Labute approximate surface area is 131 Å². The molecule has 0 unspecified atom stereocenters. The van der Waals surface area contributed by atoms with E-state index in [0.29, 0.717) is 26.2 Å². The quantitative estimate of drug-likeness (QED) is 0.867. The van der Waals surface area contributed by atoms with Gasteiger partial charge in [0.1, 0.15) is 0 Å². The van der Waals surface area contributed by atoms with Gasteiger partial charge >= 0.3 is 12.1 Å². The van der Waals surface area contributed by atoms with Gasteiger partial charge in [-0.15, -0.1) is 0 Å². The number of hydrogen-bond acceptors (Lipinski definition) is 3. The van der Waals surface area contributed by atoms with Crippen LogP contribution in [0.3, 0.4) is 0 Å². The summed E-state index contributed by atoms with van der Waals surface area (Å²) in [6, 6.07) is 5.73. The molecule has 1 aromatic rings. The van der Waals surface area contributed by atoms with E-state index in [0.717, 1.165) is 17.7 Å². The third-order valence-electron chi connectivity index (χ3n) is 3.97. The van der Waals surface area contributed by atoms with Gasteiger partial charge in [-0.25, -0.2) is 9.59 Å². The van der Waals surface area contributed by atoms with Crippen LogP contribution in [0.1, 0.15) is 17.5 Å². The van der Waals surface area contributed by atoms with Crippen molar-refractivity contribution in [3.63, 3.8) is 0 Å². The van der Waals surface area contributed by atoms with Crippen LogP contribution in [0.2, 0.25) is 0 Å². The van der Waals surface area contributed by atoms with Gasteiger partial charge in [-0.05, 0) is 43.5 Å². The van der Waals surface area contributed by atoms with Gasteiger partial charge in [-0.2, -0.15) is 0 Å². The normalized spacial score (nSPS) is 15.2. The van der Waals surface area contributed by atoms with Crippen LogP contribution in [0.25, 0.3) is 0 Å². The van der Waals surface area contributed by atoms with Gasteiger partial charge in [0.05, 0.1) is 7.11 Å². The summed E-state index contributed by atoms with van der Waals surface area (Å²) in [5, 5.41) is 2.92. The molecular formula is C16H23N3O3. The van der Waals surface area contributed by atoms with E-state index < -0.39 is 0 Å². The minimum Gasteiger partial charge on any atom is -0.453 e. The number of amides is 3. The molecule has 0 atom stereocenters. The summed E-state index contributed by atoms with van der Waals surface area (Å²) in [4.78, 5) is 27.2. The van der Waals surface area contributed by atoms with E-state index in [1.807, 2.05) is 32.0 Å². The van der Waals surface area contributed by atoms with E-state index in [9.17, 15) is 9.59 Å². The van der Waals surface area contributed by atoms with Crippen molar-refractivity contribution in [3.8, 4) is 0 Å². The minimum absolute atomic E-state index is 0.130. The summed E-state index contributed by atoms with van der Waals surface area (Å²) in [5.74, 6) is 0. The highest BCUT2D eigenvalue weighted by molar-refractivity contribution is 5.89. The number of methoxy groups -OCH3 is 1. The summed E-state index contributed by atoms with van der Waals surface area (Å²) in [6.07, 6.45) is 0.409. The SMILES string of the molecule is COC(=O)N1CCCN(C(=O)Nc2ccc(C)c(C)c2)CC1. The van der Waals surface area contributed by atoms with Gasteiger partial charge in [-0.3, -0.25) is 0 Å². The van der Waals surface area contributed by atoms with Crippen molar-refractivity contribution in [1.82, 2.24) is 9.80 Å². The molecule has 1 aromatic carbocycles. The van der Waals surface area contributed by atoms with E-state index >= 15 is 0 Å². The molecule has 0 saturated carbocycles. The number of nitrogens with zero attached hydrogens (tertiary/aromatic N) is 2. The van der Waals surface area contributed by atoms with E-state index in [1.54, 1.807) is 9.80 Å². The highest BCUT2D eigenvalue weighted by Crippen LogP contribution is 2.15. The number of carbonyl (C=O) groups is 2. The van der Waals surface area contributed by atoms with Crippen molar-refractivity contribution < 1.29 is 14.3 Å². The second-order valence-electron chi connectivity index (χ2n) is 5.53. The lowest BCUT2D eigenvalue weighted by molar-refractivity contribution is 0.125. The molecule has 2 rings (SSSR count). The van der Waals surface area contributed by atoms with Gasteiger partial charge < -0.3 is 19.9 Å². The van der Waals surface area contributed by atoms with Crippen LogP contribution in [0.4, 0.5) is 15.3 Å². The molecule has 1 N–H and O–H groups in total. The van der Waals surface area contributed by atoms with Crippen LogP contribution in [-0.4, -0.2) is 55.2 Å². The second kappa shape index (κ2) is 7.15. The molecule has 1 heterocycles. The Morgan fingerprint density at radius 2 is 1.73 bits per heavy atom. The molecule has 0 radical (unpaired) electrons. The Balaban J connectivity index is 1.95. The molecule has 22 heavy (non-hydrogen) atoms. The first-order valence-corrected chi connectivity index (χ1v) is 7.47. The fourth-order valence-electron chi connectivity index (χ4n) is 2.45. The summed E-state index contributed by atoms with van der Waals surface area (Å²) < 4.78 is 4.73. The van der Waals surface area contributed by atoms with Crippen molar-refractivity contribution in [2.24, 2.45) is 0 Å². The number of aryl methyl sites for hydroxylation is 2. The van der Waals surface area contributed by atoms with E-state index in [-0.39, 0.29) is 12.1 Å². The predicted octanol–water partition coefficient (Wildman–Crippen LogP) is 2.61. The Hall–Kier alpha value is -2.24. The summed E-state index contributed by atoms with van der Waals surface area (Å²) in [7, 11) is 1.37. The third kappa shape index (κ3) is 3.90. The van der Waals surface area contributed by atoms with Gasteiger partial charge in [0, 0.05) is 31.9 Å². The average Bonchev–Trinajstić information content (AvgIpc) is 2.76. The summed E-state index contributed by atoms with van der Waals surface area (Å²) in [5.41, 5.74) is 3.13. The van der Waals surface area contributed by atoms with Crippen molar-refractivity contribution in [2.75, 3.05) is 38.6 Å². The van der Waals surface area contributed by atoms with Crippen molar-refractivity contribution in [3.05, 3.63) is 29.3 Å². The number of urea groups is 1. The zero-order chi connectivity index (χ0) is 16.1. The lowest BCUT2D eigenvalue weighted by atomic mass is 10.1. The molecule has 6 nitrogen and oxygen atoms in total. The molecule has 1 aliphatic heterocycles. The third-order valence-corrected chi connectivity index (χ3v) is 3.97. The first kappa shape index (κ1) is 16.1. The maximum atomic E-state index is 12.3. The van der Waals surface area contributed by atoms with Crippen molar-refractivity contribution in [1.29, 1.82) is 0 Å². The zero-order valence-electron chi connectivity index (χ0n) is 13.4. The number of carbonyl (C=O) groups excluding carboxylic acids is 2. The Kier molecular flexibility index (Phi) is 5.25. The lowest BCUT2D eigenvalue weighted by Crippen LogP contribution is -2.39. The molecule has 3 amide bonds. The monoisotopic (exact) mass is 305 g/mol. The Bertz CT molecular complexity index is 560. The highest BCUT2D eigenvalue weighted by Gasteiger charge is 2.22. The van der Waals surface area contributed by atoms with Crippen molar-refractivity contribution >= 4 is 17.8 Å². The summed E-state index contributed by atoms with van der Waals surface area (Å²) in [6.45, 7) is 6.30. The van der Waals surface area contributed by atoms with Crippen molar-refractivity contribution in [2.45, 2.75) is 20.3 Å². The maximum Gasteiger partial charge on any atom is 0.409 e. The van der Waals surface area contributed by atoms with Crippen LogP contribution in [0.15, 0.2) is 18.2 Å². The van der Waals surface area contributed by atoms with Crippen LogP contribution in [-0.2, 0) is 4.74 Å². The Morgan fingerprint density at radius 1 is 1.05 bits per heavy atom. The molecule has 0 aliphatic carbocycles. The number of nitrogens with one attached hydrogen (secondary N) is 1. The van der Waals surface area contributed by atoms with E-state index in [1.165, 1.54) is 12.7 Å². The number of rotatable bonds is 1. The van der Waals surface area contributed by atoms with Gasteiger partial charge in [0.25, 0.3) is 0 Å². The fraction of sp³-hybridized carbons (Fsp3) is 0.500. The molecule has 1 fully saturated rings. The smallest absolute Gasteiger partial charge is 0.409 e. The zero-order valence-corrected chi connectivity index (χ0v) is 13.4. The molecule has 0 aromatic heterocycles. The number of benzene rings is 1. The molecule has 6 heteroatoms. The minimum atomic E-state index is -0.337. The highest BCUT2D eigenvalue weighted by atomic mass is 16.5.